The van der Waals surface area contributed by atoms with E-state index in [0.29, 0.717) is 0 Å². The fourth-order valence-corrected chi connectivity index (χ4v) is 4.49. The van der Waals surface area contributed by atoms with Crippen LogP contribution >= 0.6 is 0 Å². The van der Waals surface area contributed by atoms with Crippen molar-refractivity contribution in [2.75, 3.05) is 26.4 Å². The summed E-state index contributed by atoms with van der Waals surface area (Å²) in [5.74, 6) is -9.67. The molecule has 0 aliphatic rings. The van der Waals surface area contributed by atoms with Crippen molar-refractivity contribution in [1.82, 2.24) is 0 Å². The van der Waals surface area contributed by atoms with E-state index < -0.39 is 135 Å². The molecule has 21 nitrogen and oxygen atoms in total. The molecule has 21 heteroatoms. The first-order chi connectivity index (χ1) is 24.5. The van der Waals surface area contributed by atoms with E-state index in [1.165, 1.54) is 0 Å². The number of ether oxygens (including phenoxy) is 11. The maximum atomic E-state index is 12.4. The molecule has 0 aromatic rings. The second-order valence-electron chi connectivity index (χ2n) is 11.0. The van der Waals surface area contributed by atoms with Gasteiger partial charge in [0, 0.05) is 69.2 Å². The largest absolute Gasteiger partial charge is 0.462 e. The minimum atomic E-state index is -1.93. The zero-order valence-electron chi connectivity index (χ0n) is 31.0. The number of carbonyl (C=O) groups excluding carboxylic acids is 10. The molecule has 0 spiro atoms. The van der Waals surface area contributed by atoms with Crippen LogP contribution in [0.5, 0.6) is 0 Å². The molecule has 0 fully saturated rings. The van der Waals surface area contributed by atoms with Crippen molar-refractivity contribution in [3.63, 3.8) is 0 Å². The van der Waals surface area contributed by atoms with Gasteiger partial charge in [0.25, 0.3) is 0 Å². The Balaban J connectivity index is 7.62. The van der Waals surface area contributed by atoms with E-state index >= 15 is 0 Å². The van der Waals surface area contributed by atoms with E-state index in [1.807, 2.05) is 0 Å². The van der Waals surface area contributed by atoms with Crippen LogP contribution in [0.15, 0.2) is 0 Å². The van der Waals surface area contributed by atoms with Crippen LogP contribution in [0.3, 0.4) is 0 Å². The first kappa shape index (κ1) is 47.7. The molecule has 53 heavy (non-hydrogen) atoms. The van der Waals surface area contributed by atoms with Crippen molar-refractivity contribution in [2.45, 2.75) is 118 Å². The molecule has 0 aromatic carbocycles. The van der Waals surface area contributed by atoms with Gasteiger partial charge in [-0.15, -0.1) is 0 Å². The molecule has 0 saturated heterocycles. The highest BCUT2D eigenvalue weighted by atomic mass is 16.7. The lowest BCUT2D eigenvalue weighted by molar-refractivity contribution is -0.222. The molecule has 0 heterocycles. The molecular weight excluding hydrogens is 720 g/mol. The van der Waals surface area contributed by atoms with E-state index in [4.69, 9.17) is 52.1 Å². The van der Waals surface area contributed by atoms with Gasteiger partial charge in [0.05, 0.1) is 6.61 Å². The maximum Gasteiger partial charge on any atom is 0.303 e. The molecule has 0 rings (SSSR count). The van der Waals surface area contributed by atoms with Crippen molar-refractivity contribution in [1.29, 1.82) is 0 Å². The third-order valence-corrected chi connectivity index (χ3v) is 6.09. The average molecular weight is 767 g/mol. The highest BCUT2D eigenvalue weighted by molar-refractivity contribution is 5.70. The Labute approximate surface area is 304 Å². The molecule has 0 aliphatic carbocycles. The van der Waals surface area contributed by atoms with Crippen molar-refractivity contribution in [3.8, 4) is 0 Å². The molecule has 0 bridgehead atoms. The molecule has 0 saturated carbocycles. The first-order valence-corrected chi connectivity index (χ1v) is 15.8. The monoisotopic (exact) mass is 766 g/mol. The Kier molecular flexibility index (Phi) is 21.6. The van der Waals surface area contributed by atoms with Gasteiger partial charge in [-0.1, -0.05) is 0 Å². The fraction of sp³-hybridized carbons (Fsp3) is 0.688. The van der Waals surface area contributed by atoms with Crippen LogP contribution in [0, 0.1) is 0 Å². The number of carbonyl (C=O) groups is 10. The van der Waals surface area contributed by atoms with Gasteiger partial charge in [-0.2, -0.15) is 0 Å². The van der Waals surface area contributed by atoms with Crippen molar-refractivity contribution < 1.29 is 100 Å². The van der Waals surface area contributed by atoms with Crippen LogP contribution in [-0.2, 0) is 100 Å². The highest BCUT2D eigenvalue weighted by Gasteiger charge is 2.47. The minimum absolute atomic E-state index is 0.757. The van der Waals surface area contributed by atoms with Crippen LogP contribution in [0.1, 0.15) is 69.2 Å². The van der Waals surface area contributed by atoms with Crippen LogP contribution in [0.4, 0.5) is 0 Å². The highest BCUT2D eigenvalue weighted by Crippen LogP contribution is 2.25. The van der Waals surface area contributed by atoms with Gasteiger partial charge in [-0.05, 0) is 0 Å². The van der Waals surface area contributed by atoms with Crippen LogP contribution in [0.2, 0.25) is 0 Å². The number of hydrogen-bond donors (Lipinski definition) is 0. The number of hydrogen-bond acceptors (Lipinski definition) is 21. The van der Waals surface area contributed by atoms with Crippen LogP contribution < -0.4 is 0 Å². The molecular formula is C32H46O21. The summed E-state index contributed by atoms with van der Waals surface area (Å²) >= 11 is 0. The Bertz CT molecular complexity index is 1320. The van der Waals surface area contributed by atoms with Gasteiger partial charge in [-0.3, -0.25) is 47.9 Å². The molecule has 0 aromatic heterocycles. The summed E-state index contributed by atoms with van der Waals surface area (Å²) in [5.41, 5.74) is 0. The summed E-state index contributed by atoms with van der Waals surface area (Å²) in [6, 6.07) is 0. The molecule has 300 valence electrons. The van der Waals surface area contributed by atoms with Gasteiger partial charge in [-0.25, -0.2) is 0 Å². The Morgan fingerprint density at radius 1 is 0.283 bits per heavy atom. The normalized spacial score (nSPS) is 15.1. The van der Waals surface area contributed by atoms with Gasteiger partial charge >= 0.3 is 59.7 Å². The predicted octanol–water partition coefficient (Wildman–Crippen LogP) is -0.417. The summed E-state index contributed by atoms with van der Waals surface area (Å²) in [6.45, 7) is 6.40. The summed E-state index contributed by atoms with van der Waals surface area (Å²) < 4.78 is 58.4. The van der Waals surface area contributed by atoms with Gasteiger partial charge in [0.2, 0.25) is 0 Å². The zero-order valence-corrected chi connectivity index (χ0v) is 31.0. The van der Waals surface area contributed by atoms with E-state index in [1.54, 1.807) is 0 Å². The van der Waals surface area contributed by atoms with Crippen LogP contribution in [-0.4, -0.2) is 135 Å². The Morgan fingerprint density at radius 3 is 0.717 bits per heavy atom. The molecule has 8 atom stereocenters. The minimum Gasteiger partial charge on any atom is -0.462 e. The third kappa shape index (κ3) is 20.9. The quantitative estimate of drug-likeness (QED) is 0.0999. The van der Waals surface area contributed by atoms with Crippen molar-refractivity contribution >= 4 is 59.7 Å². The lowest BCUT2D eigenvalue weighted by atomic mass is 10.0. The lowest BCUT2D eigenvalue weighted by Crippen LogP contribution is -2.57. The van der Waals surface area contributed by atoms with Crippen LogP contribution in [0.25, 0.3) is 0 Å². The Morgan fingerprint density at radius 2 is 0.491 bits per heavy atom. The standard InChI is InChI=1S/C32H46O21/c1-15(33)43-11-25(47-18(4)36)29(30(51-22(8)40)26(48-19(5)37)12-44-16(2)34)46-14-28(50-21(7)39)32(53-24(10)42)31(52-23(9)41)27(49-20(6)38)13-45-17(3)35/h25-32H,11-14H2,1-10H3. The molecule has 0 N–H and O–H groups in total. The number of esters is 10. The predicted molar refractivity (Wildman–Crippen MR) is 169 cm³/mol. The second kappa shape index (κ2) is 24.0. The van der Waals surface area contributed by atoms with E-state index in [0.717, 1.165) is 69.2 Å². The Hall–Kier alpha value is -5.34. The second-order valence-corrected chi connectivity index (χ2v) is 11.0. The van der Waals surface area contributed by atoms with E-state index in [9.17, 15) is 47.9 Å². The van der Waals surface area contributed by atoms with Gasteiger partial charge < -0.3 is 52.1 Å². The summed E-state index contributed by atoms with van der Waals surface area (Å²) in [7, 11) is 0. The molecule has 0 amide bonds. The van der Waals surface area contributed by atoms with Gasteiger partial charge in [0.15, 0.2) is 42.7 Å². The SMILES string of the molecule is CC(=O)OCC(OC(C)=O)C(OCC(OC(C)=O)C(OC(C)=O)C(OC(C)=O)C(COC(C)=O)OC(C)=O)C(OC(C)=O)C(COC(C)=O)OC(C)=O. The third-order valence-electron chi connectivity index (χ3n) is 6.09. The average Bonchev–Trinajstić information content (AvgIpc) is 2.99. The summed E-state index contributed by atoms with van der Waals surface area (Å²) in [5, 5.41) is 0. The molecule has 0 aliphatic heterocycles. The molecule has 8 unspecified atom stereocenters. The summed E-state index contributed by atoms with van der Waals surface area (Å²) in [4.78, 5) is 121. The maximum absolute atomic E-state index is 12.4. The zero-order chi connectivity index (χ0) is 41.0. The van der Waals surface area contributed by atoms with Gasteiger partial charge in [0.1, 0.15) is 25.9 Å². The smallest absolute Gasteiger partial charge is 0.303 e. The number of rotatable bonds is 22. The van der Waals surface area contributed by atoms with E-state index in [2.05, 4.69) is 0 Å². The van der Waals surface area contributed by atoms with E-state index in [-0.39, 0.29) is 0 Å². The van der Waals surface area contributed by atoms with Crippen molar-refractivity contribution in [2.24, 2.45) is 0 Å². The topological polar surface area (TPSA) is 272 Å². The lowest BCUT2D eigenvalue weighted by Gasteiger charge is -2.38. The fourth-order valence-electron chi connectivity index (χ4n) is 4.49. The first-order valence-electron chi connectivity index (χ1n) is 15.8. The summed E-state index contributed by atoms with van der Waals surface area (Å²) in [6.07, 6.45) is -14.5. The van der Waals surface area contributed by atoms with Crippen molar-refractivity contribution in [3.05, 3.63) is 0 Å². The molecule has 0 radical (unpaired) electrons.